The van der Waals surface area contributed by atoms with Gasteiger partial charge in [-0.15, -0.1) is 0 Å². The van der Waals surface area contributed by atoms with Gasteiger partial charge in [0.05, 0.1) is 19.8 Å². The third-order valence-corrected chi connectivity index (χ3v) is 6.85. The van der Waals surface area contributed by atoms with Crippen molar-refractivity contribution in [2.75, 3.05) is 33.4 Å². The van der Waals surface area contributed by atoms with Crippen molar-refractivity contribution in [2.24, 2.45) is 0 Å². The third-order valence-electron chi connectivity index (χ3n) is 6.85. The van der Waals surface area contributed by atoms with Crippen LogP contribution in [0, 0.1) is 0 Å². The fourth-order valence-electron chi connectivity index (χ4n) is 5.23. The molecule has 3 N–H and O–H groups in total. The molecule has 5 heteroatoms. The van der Waals surface area contributed by atoms with E-state index in [9.17, 15) is 5.11 Å². The van der Waals surface area contributed by atoms with Crippen LogP contribution in [0.1, 0.15) is 35.7 Å². The standard InChI is InChI=1S/C24H29N3O2/c1-29-18-7-8-19-20(13-18)26-23-21(15-28)25-16-24(22(19)23)9-11-27(12-10-24)14-17-5-3-2-4-6-17/h2-8,13,21,25-26,28H,9-12,14-16H2,1H3/t21-/m0/s1. The minimum atomic E-state index is -0.0311. The highest BCUT2D eigenvalue weighted by Crippen LogP contribution is 2.46. The van der Waals surface area contributed by atoms with Crippen molar-refractivity contribution in [2.45, 2.75) is 30.8 Å². The van der Waals surface area contributed by atoms with E-state index in [4.69, 9.17) is 4.74 Å². The van der Waals surface area contributed by atoms with E-state index in [1.165, 1.54) is 16.5 Å². The minimum Gasteiger partial charge on any atom is -0.497 e. The highest BCUT2D eigenvalue weighted by molar-refractivity contribution is 5.87. The number of aromatic nitrogens is 1. The number of fused-ring (bicyclic) bond motifs is 4. The Hall–Kier alpha value is -2.34. The number of nitrogens with one attached hydrogen (secondary N) is 2. The van der Waals surface area contributed by atoms with Crippen LogP contribution in [0.25, 0.3) is 10.9 Å². The summed E-state index contributed by atoms with van der Waals surface area (Å²) in [5.74, 6) is 0.858. The molecule has 1 fully saturated rings. The number of ether oxygens (including phenoxy) is 1. The van der Waals surface area contributed by atoms with Gasteiger partial charge in [0, 0.05) is 41.2 Å². The molecule has 29 heavy (non-hydrogen) atoms. The lowest BCUT2D eigenvalue weighted by atomic mass is 9.69. The van der Waals surface area contributed by atoms with E-state index >= 15 is 0 Å². The predicted molar refractivity (Wildman–Crippen MR) is 115 cm³/mol. The van der Waals surface area contributed by atoms with Crippen LogP contribution in [0.5, 0.6) is 5.75 Å². The summed E-state index contributed by atoms with van der Waals surface area (Å²) in [6.45, 7) is 4.21. The molecule has 1 saturated heterocycles. The molecule has 0 unspecified atom stereocenters. The van der Waals surface area contributed by atoms with Gasteiger partial charge >= 0.3 is 0 Å². The molecule has 5 nitrogen and oxygen atoms in total. The first-order valence-corrected chi connectivity index (χ1v) is 10.5. The molecule has 0 radical (unpaired) electrons. The number of piperidine rings is 1. The van der Waals surface area contributed by atoms with Gasteiger partial charge in [0.1, 0.15) is 5.75 Å². The molecule has 0 aliphatic carbocycles. The topological polar surface area (TPSA) is 60.5 Å². The molecule has 2 aromatic carbocycles. The van der Waals surface area contributed by atoms with Gasteiger partial charge in [0.15, 0.2) is 0 Å². The highest BCUT2D eigenvalue weighted by Gasteiger charge is 2.44. The maximum absolute atomic E-state index is 9.94. The zero-order valence-electron chi connectivity index (χ0n) is 16.9. The number of rotatable bonds is 4. The molecule has 2 aliphatic rings. The molecule has 152 valence electrons. The van der Waals surface area contributed by atoms with Crippen LogP contribution in [-0.4, -0.2) is 48.3 Å². The Morgan fingerprint density at radius 3 is 2.66 bits per heavy atom. The van der Waals surface area contributed by atoms with Crippen molar-refractivity contribution in [3.8, 4) is 5.75 Å². The fraction of sp³-hybridized carbons (Fsp3) is 0.417. The molecule has 1 aromatic heterocycles. The van der Waals surface area contributed by atoms with Crippen LogP contribution in [0.3, 0.4) is 0 Å². The molecule has 5 rings (SSSR count). The lowest BCUT2D eigenvalue weighted by Crippen LogP contribution is -2.52. The molecule has 1 atom stereocenters. The first-order valence-electron chi connectivity index (χ1n) is 10.5. The fourth-order valence-corrected chi connectivity index (χ4v) is 5.23. The Morgan fingerprint density at radius 1 is 1.14 bits per heavy atom. The summed E-state index contributed by atoms with van der Waals surface area (Å²) < 4.78 is 5.42. The molecular weight excluding hydrogens is 362 g/mol. The van der Waals surface area contributed by atoms with Gasteiger partial charge in [-0.1, -0.05) is 30.3 Å². The second-order valence-corrected chi connectivity index (χ2v) is 8.48. The number of methoxy groups -OCH3 is 1. The molecule has 0 bridgehead atoms. The van der Waals surface area contributed by atoms with Crippen molar-refractivity contribution in [1.29, 1.82) is 0 Å². The lowest BCUT2D eigenvalue weighted by Gasteiger charge is -2.46. The number of aromatic amines is 1. The van der Waals surface area contributed by atoms with Crippen molar-refractivity contribution >= 4 is 10.9 Å². The summed E-state index contributed by atoms with van der Waals surface area (Å²) in [7, 11) is 1.70. The summed E-state index contributed by atoms with van der Waals surface area (Å²) in [6, 6.07) is 17.0. The number of hydrogen-bond acceptors (Lipinski definition) is 4. The SMILES string of the molecule is COc1ccc2c3c([nH]c2c1)[C@H](CO)NCC31CCN(Cc2ccccc2)CC1. The van der Waals surface area contributed by atoms with Crippen LogP contribution in [-0.2, 0) is 12.0 Å². The monoisotopic (exact) mass is 391 g/mol. The normalized spacial score (nSPS) is 21.4. The van der Waals surface area contributed by atoms with Gasteiger partial charge in [-0.3, -0.25) is 4.90 Å². The number of hydrogen-bond donors (Lipinski definition) is 3. The summed E-state index contributed by atoms with van der Waals surface area (Å²) >= 11 is 0. The van der Waals surface area contributed by atoms with Gasteiger partial charge < -0.3 is 20.1 Å². The Kier molecular flexibility index (Phi) is 4.82. The minimum absolute atomic E-state index is 0.0311. The van der Waals surface area contributed by atoms with Crippen LogP contribution in [0.2, 0.25) is 0 Å². The molecule has 3 heterocycles. The summed E-state index contributed by atoms with van der Waals surface area (Å²) in [5.41, 5.74) is 5.15. The zero-order chi connectivity index (χ0) is 19.8. The molecule has 0 saturated carbocycles. The van der Waals surface area contributed by atoms with E-state index in [0.29, 0.717) is 0 Å². The smallest absolute Gasteiger partial charge is 0.120 e. The van der Waals surface area contributed by atoms with Crippen LogP contribution >= 0.6 is 0 Å². The van der Waals surface area contributed by atoms with Crippen LogP contribution < -0.4 is 10.1 Å². The van der Waals surface area contributed by atoms with Crippen molar-refractivity contribution < 1.29 is 9.84 Å². The van der Waals surface area contributed by atoms with E-state index < -0.39 is 0 Å². The van der Waals surface area contributed by atoms with Gasteiger partial charge in [-0.05, 0) is 49.2 Å². The average molecular weight is 392 g/mol. The molecule has 0 amide bonds. The third kappa shape index (κ3) is 3.23. The Morgan fingerprint density at radius 2 is 1.93 bits per heavy atom. The second-order valence-electron chi connectivity index (χ2n) is 8.48. The van der Waals surface area contributed by atoms with E-state index in [1.54, 1.807) is 7.11 Å². The van der Waals surface area contributed by atoms with Crippen molar-refractivity contribution in [1.82, 2.24) is 15.2 Å². The van der Waals surface area contributed by atoms with Crippen molar-refractivity contribution in [3.05, 3.63) is 65.4 Å². The summed E-state index contributed by atoms with van der Waals surface area (Å²) in [5, 5.41) is 14.8. The maximum Gasteiger partial charge on any atom is 0.120 e. The summed E-state index contributed by atoms with van der Waals surface area (Å²) in [4.78, 5) is 6.16. The lowest BCUT2D eigenvalue weighted by molar-refractivity contribution is 0.132. The number of aliphatic hydroxyl groups excluding tert-OH is 1. The van der Waals surface area contributed by atoms with Crippen LogP contribution in [0.15, 0.2) is 48.5 Å². The molecule has 1 spiro atoms. The van der Waals surface area contributed by atoms with E-state index in [-0.39, 0.29) is 18.1 Å². The first-order chi connectivity index (χ1) is 14.2. The largest absolute Gasteiger partial charge is 0.497 e. The van der Waals surface area contributed by atoms with Crippen LogP contribution in [0.4, 0.5) is 0 Å². The van der Waals surface area contributed by atoms with E-state index in [1.807, 2.05) is 6.07 Å². The number of likely N-dealkylation sites (tertiary alicyclic amines) is 1. The molecule has 2 aliphatic heterocycles. The van der Waals surface area contributed by atoms with Gasteiger partial charge in [-0.25, -0.2) is 0 Å². The first kappa shape index (κ1) is 18.7. The number of benzene rings is 2. The van der Waals surface area contributed by atoms with E-state index in [2.05, 4.69) is 57.7 Å². The maximum atomic E-state index is 9.94. The number of aliphatic hydroxyl groups is 1. The predicted octanol–water partition coefficient (Wildman–Crippen LogP) is 3.35. The Bertz CT molecular complexity index is 990. The van der Waals surface area contributed by atoms with E-state index in [0.717, 1.165) is 56.0 Å². The van der Waals surface area contributed by atoms with Crippen molar-refractivity contribution in [3.63, 3.8) is 0 Å². The average Bonchev–Trinajstić information content (AvgIpc) is 3.16. The Balaban J connectivity index is 1.46. The van der Waals surface area contributed by atoms with Gasteiger partial charge in [-0.2, -0.15) is 0 Å². The number of H-pyrrole nitrogens is 1. The number of nitrogens with zero attached hydrogens (tertiary/aromatic N) is 1. The Labute approximate surface area is 171 Å². The highest BCUT2D eigenvalue weighted by atomic mass is 16.5. The second kappa shape index (κ2) is 7.48. The van der Waals surface area contributed by atoms with Gasteiger partial charge in [0.2, 0.25) is 0 Å². The van der Waals surface area contributed by atoms with Gasteiger partial charge in [0.25, 0.3) is 0 Å². The molecular formula is C24H29N3O2. The molecule has 3 aromatic rings. The summed E-state index contributed by atoms with van der Waals surface area (Å²) in [6.07, 6.45) is 2.24. The zero-order valence-corrected chi connectivity index (χ0v) is 16.9. The quantitative estimate of drug-likeness (QED) is 0.638.